The van der Waals surface area contributed by atoms with E-state index in [1.54, 1.807) is 0 Å². The first-order valence-corrected chi connectivity index (χ1v) is 6.34. The van der Waals surface area contributed by atoms with E-state index in [2.05, 4.69) is 17.4 Å². The predicted octanol–water partition coefficient (Wildman–Crippen LogP) is 3.11. The number of benzene rings is 1. The summed E-state index contributed by atoms with van der Waals surface area (Å²) in [6.07, 6.45) is 3.46. The van der Waals surface area contributed by atoms with E-state index in [4.69, 9.17) is 17.3 Å². The molecule has 0 saturated carbocycles. The van der Waals surface area contributed by atoms with Gasteiger partial charge >= 0.3 is 0 Å². The maximum absolute atomic E-state index is 6.44. The zero-order valence-electron chi connectivity index (χ0n) is 10.1. The predicted molar refractivity (Wildman–Crippen MR) is 81.1 cm³/mol. The summed E-state index contributed by atoms with van der Waals surface area (Å²) in [4.78, 5) is 0. The Morgan fingerprint density at radius 1 is 1.22 bits per heavy atom. The van der Waals surface area contributed by atoms with Gasteiger partial charge in [0.1, 0.15) is 0 Å². The van der Waals surface area contributed by atoms with E-state index >= 15 is 0 Å². The molecule has 1 aliphatic carbocycles. The van der Waals surface area contributed by atoms with Crippen molar-refractivity contribution in [3.05, 3.63) is 34.3 Å². The Morgan fingerprint density at radius 3 is 2.56 bits per heavy atom. The van der Waals surface area contributed by atoms with Crippen molar-refractivity contribution in [2.75, 3.05) is 13.1 Å². The maximum Gasteiger partial charge on any atom is 0.0408 e. The molecular formula is C13H19Cl3N2. The van der Waals surface area contributed by atoms with Crippen LogP contribution in [0.5, 0.6) is 0 Å². The van der Waals surface area contributed by atoms with E-state index in [0.29, 0.717) is 0 Å². The molecule has 18 heavy (non-hydrogen) atoms. The lowest BCUT2D eigenvalue weighted by Gasteiger charge is -2.37. The molecule has 0 bridgehead atoms. The summed E-state index contributed by atoms with van der Waals surface area (Å²) in [5.74, 6) is 0. The van der Waals surface area contributed by atoms with Gasteiger partial charge in [0, 0.05) is 11.1 Å². The first-order valence-electron chi connectivity index (χ1n) is 5.96. The van der Waals surface area contributed by atoms with Gasteiger partial charge in [-0.25, -0.2) is 0 Å². The molecule has 1 aromatic carbocycles. The lowest BCUT2D eigenvalue weighted by Crippen LogP contribution is -2.41. The third-order valence-corrected chi connectivity index (χ3v) is 4.48. The molecule has 1 aromatic rings. The van der Waals surface area contributed by atoms with Crippen molar-refractivity contribution >= 4 is 36.4 Å². The molecule has 1 aliphatic heterocycles. The fraction of sp³-hybridized carbons (Fsp3) is 0.538. The van der Waals surface area contributed by atoms with E-state index in [9.17, 15) is 0 Å². The second kappa shape index (κ2) is 5.98. The smallest absolute Gasteiger partial charge is 0.0408 e. The van der Waals surface area contributed by atoms with Gasteiger partial charge < -0.3 is 11.1 Å². The van der Waals surface area contributed by atoms with Crippen LogP contribution < -0.4 is 11.1 Å². The zero-order valence-corrected chi connectivity index (χ0v) is 12.5. The molecule has 2 aliphatic rings. The Balaban J connectivity index is 0.000000810. The SMILES string of the molecule is Cl.Cl.N[C@@H]1c2ccc(Cl)cc2CC12CCNCC2. The van der Waals surface area contributed by atoms with Crippen LogP contribution in [0.4, 0.5) is 0 Å². The highest BCUT2D eigenvalue weighted by Gasteiger charge is 2.44. The van der Waals surface area contributed by atoms with E-state index < -0.39 is 0 Å². The standard InChI is InChI=1S/C13H17ClN2.2ClH/c14-10-1-2-11-9(7-10)8-13(12(11)15)3-5-16-6-4-13;;/h1-2,7,12,16H,3-6,8,15H2;2*1H/t12-;;/m1../s1. The Kier molecular flexibility index (Phi) is 5.33. The topological polar surface area (TPSA) is 38.0 Å². The molecule has 3 rings (SSSR count). The first-order chi connectivity index (χ1) is 7.71. The van der Waals surface area contributed by atoms with Crippen LogP contribution in [-0.2, 0) is 6.42 Å². The molecule has 0 aromatic heterocycles. The van der Waals surface area contributed by atoms with E-state index in [-0.39, 0.29) is 36.3 Å². The summed E-state index contributed by atoms with van der Waals surface area (Å²) in [5, 5.41) is 4.24. The number of nitrogens with two attached hydrogens (primary N) is 1. The summed E-state index contributed by atoms with van der Waals surface area (Å²) >= 11 is 6.05. The first kappa shape index (κ1) is 16.1. The number of hydrogen-bond donors (Lipinski definition) is 2. The normalized spacial score (nSPS) is 24.0. The average Bonchev–Trinajstić information content (AvgIpc) is 2.53. The van der Waals surface area contributed by atoms with Gasteiger partial charge in [0.05, 0.1) is 0 Å². The molecule has 3 N–H and O–H groups in total. The van der Waals surface area contributed by atoms with Gasteiger partial charge in [0.2, 0.25) is 0 Å². The maximum atomic E-state index is 6.44. The van der Waals surface area contributed by atoms with Gasteiger partial charge in [-0.1, -0.05) is 17.7 Å². The van der Waals surface area contributed by atoms with Crippen LogP contribution >= 0.6 is 36.4 Å². The Bertz CT molecular complexity index is 417. The fourth-order valence-corrected chi connectivity index (χ4v) is 3.46. The van der Waals surface area contributed by atoms with Crippen molar-refractivity contribution in [2.45, 2.75) is 25.3 Å². The third-order valence-electron chi connectivity index (χ3n) is 4.24. The molecule has 102 valence electrons. The second-order valence-corrected chi connectivity index (χ2v) is 5.55. The third kappa shape index (κ3) is 2.50. The minimum atomic E-state index is 0. The van der Waals surface area contributed by atoms with E-state index in [0.717, 1.165) is 24.5 Å². The van der Waals surface area contributed by atoms with E-state index in [1.807, 2.05) is 6.07 Å². The van der Waals surface area contributed by atoms with Gasteiger partial charge in [-0.05, 0) is 61.0 Å². The lowest BCUT2D eigenvalue weighted by atomic mass is 9.73. The fourth-order valence-electron chi connectivity index (χ4n) is 3.26. The summed E-state index contributed by atoms with van der Waals surface area (Å²) in [7, 11) is 0. The number of piperidine rings is 1. The molecule has 1 saturated heterocycles. The number of nitrogens with one attached hydrogen (secondary N) is 1. The van der Waals surface area contributed by atoms with Gasteiger partial charge in [-0.2, -0.15) is 0 Å². The lowest BCUT2D eigenvalue weighted by molar-refractivity contribution is 0.174. The van der Waals surface area contributed by atoms with Gasteiger partial charge in [0.15, 0.2) is 0 Å². The molecule has 1 fully saturated rings. The van der Waals surface area contributed by atoms with Crippen molar-refractivity contribution in [1.29, 1.82) is 0 Å². The molecule has 2 nitrogen and oxygen atoms in total. The van der Waals surface area contributed by atoms with Crippen LogP contribution in [0.25, 0.3) is 0 Å². The molecule has 0 radical (unpaired) electrons. The van der Waals surface area contributed by atoms with Crippen molar-refractivity contribution in [3.63, 3.8) is 0 Å². The van der Waals surface area contributed by atoms with Gasteiger partial charge in [-0.15, -0.1) is 24.8 Å². The number of rotatable bonds is 0. The van der Waals surface area contributed by atoms with Crippen LogP contribution in [0.15, 0.2) is 18.2 Å². The van der Waals surface area contributed by atoms with Gasteiger partial charge in [0.25, 0.3) is 0 Å². The molecule has 1 spiro atoms. The van der Waals surface area contributed by atoms with Crippen LogP contribution in [0.1, 0.15) is 30.0 Å². The molecule has 0 amide bonds. The summed E-state index contributed by atoms with van der Waals surface area (Å²) < 4.78 is 0. The Hall–Kier alpha value is 0.01000. The summed E-state index contributed by atoms with van der Waals surface area (Å²) in [6, 6.07) is 6.36. The van der Waals surface area contributed by atoms with Crippen molar-refractivity contribution in [2.24, 2.45) is 11.1 Å². The Morgan fingerprint density at radius 2 is 1.89 bits per heavy atom. The van der Waals surface area contributed by atoms with Crippen LogP contribution in [0.3, 0.4) is 0 Å². The molecular weight excluding hydrogens is 291 g/mol. The molecule has 1 heterocycles. The van der Waals surface area contributed by atoms with Gasteiger partial charge in [-0.3, -0.25) is 0 Å². The van der Waals surface area contributed by atoms with Crippen molar-refractivity contribution in [3.8, 4) is 0 Å². The largest absolute Gasteiger partial charge is 0.323 e. The Labute approximate surface area is 125 Å². The number of fused-ring (bicyclic) bond motifs is 1. The monoisotopic (exact) mass is 308 g/mol. The van der Waals surface area contributed by atoms with Crippen molar-refractivity contribution in [1.82, 2.24) is 5.32 Å². The quantitative estimate of drug-likeness (QED) is 0.773. The zero-order chi connectivity index (χ0) is 11.2. The highest BCUT2D eigenvalue weighted by Crippen LogP contribution is 2.50. The average molecular weight is 310 g/mol. The minimum absolute atomic E-state index is 0. The van der Waals surface area contributed by atoms with Crippen LogP contribution in [0, 0.1) is 5.41 Å². The highest BCUT2D eigenvalue weighted by atomic mass is 35.5. The molecule has 5 heteroatoms. The highest BCUT2D eigenvalue weighted by molar-refractivity contribution is 6.30. The second-order valence-electron chi connectivity index (χ2n) is 5.11. The van der Waals surface area contributed by atoms with Crippen LogP contribution in [0.2, 0.25) is 5.02 Å². The van der Waals surface area contributed by atoms with Crippen LogP contribution in [-0.4, -0.2) is 13.1 Å². The molecule has 1 atom stereocenters. The molecule has 0 unspecified atom stereocenters. The summed E-state index contributed by atoms with van der Waals surface area (Å²) in [5.41, 5.74) is 9.40. The minimum Gasteiger partial charge on any atom is -0.323 e. The van der Waals surface area contributed by atoms with E-state index in [1.165, 1.54) is 24.0 Å². The summed E-state index contributed by atoms with van der Waals surface area (Å²) in [6.45, 7) is 2.19. The van der Waals surface area contributed by atoms with Crippen molar-refractivity contribution < 1.29 is 0 Å². The number of hydrogen-bond acceptors (Lipinski definition) is 2. The number of halogens is 3.